The molecule has 0 radical (unpaired) electrons. The molecule has 2 nitrogen and oxygen atoms in total. The highest BCUT2D eigenvalue weighted by molar-refractivity contribution is 6.30. The van der Waals surface area contributed by atoms with Crippen molar-refractivity contribution < 1.29 is 4.39 Å². The van der Waals surface area contributed by atoms with Crippen LogP contribution >= 0.6 is 11.6 Å². The van der Waals surface area contributed by atoms with Crippen LogP contribution < -0.4 is 11.3 Å². The van der Waals surface area contributed by atoms with Gasteiger partial charge in [-0.15, -0.1) is 0 Å². The van der Waals surface area contributed by atoms with Crippen LogP contribution in [0.25, 0.3) is 0 Å². The number of rotatable bonds is 4. The maximum Gasteiger partial charge on any atom is 0.141 e. The Morgan fingerprint density at radius 1 is 1.19 bits per heavy atom. The van der Waals surface area contributed by atoms with E-state index in [0.717, 1.165) is 24.8 Å². The number of halogens is 2. The lowest BCUT2D eigenvalue weighted by Crippen LogP contribution is -2.42. The maximum absolute atomic E-state index is 13.2. The van der Waals surface area contributed by atoms with Crippen molar-refractivity contribution in [2.75, 3.05) is 0 Å². The fourth-order valence-electron chi connectivity index (χ4n) is 3.16. The van der Waals surface area contributed by atoms with E-state index in [9.17, 15) is 4.39 Å². The van der Waals surface area contributed by atoms with Crippen molar-refractivity contribution >= 4 is 11.6 Å². The van der Waals surface area contributed by atoms with E-state index in [-0.39, 0.29) is 16.9 Å². The van der Waals surface area contributed by atoms with Crippen molar-refractivity contribution in [3.63, 3.8) is 0 Å². The summed E-state index contributed by atoms with van der Waals surface area (Å²) in [4.78, 5) is 0. The van der Waals surface area contributed by atoms with Gasteiger partial charge in [0, 0.05) is 6.04 Å². The van der Waals surface area contributed by atoms with Crippen LogP contribution in [0.3, 0.4) is 0 Å². The number of nitrogens with one attached hydrogen (secondary N) is 1. The average molecular weight is 305 g/mol. The Morgan fingerprint density at radius 3 is 2.43 bits per heavy atom. The van der Waals surface area contributed by atoms with Crippen LogP contribution in [0, 0.1) is 11.7 Å². The summed E-state index contributed by atoms with van der Waals surface area (Å²) in [5.41, 5.74) is 6.73. The number of benzene rings is 2. The summed E-state index contributed by atoms with van der Waals surface area (Å²) >= 11 is 5.85. The van der Waals surface area contributed by atoms with E-state index in [4.69, 9.17) is 17.4 Å². The maximum atomic E-state index is 13.2. The second-order valence-electron chi connectivity index (χ2n) is 5.66. The third kappa shape index (κ3) is 3.10. The number of hydrogen-bond acceptors (Lipinski definition) is 2. The molecule has 1 unspecified atom stereocenters. The summed E-state index contributed by atoms with van der Waals surface area (Å²) in [7, 11) is 0. The van der Waals surface area contributed by atoms with Gasteiger partial charge in [-0.05, 0) is 54.0 Å². The lowest BCUT2D eigenvalue weighted by atomic mass is 9.91. The van der Waals surface area contributed by atoms with Crippen molar-refractivity contribution in [3.8, 4) is 0 Å². The third-order valence-corrected chi connectivity index (χ3v) is 4.59. The third-order valence-electron chi connectivity index (χ3n) is 4.31. The molecule has 0 saturated heterocycles. The summed E-state index contributed by atoms with van der Waals surface area (Å²) in [6, 6.07) is 13.5. The number of hydrazine groups is 1. The molecule has 1 aliphatic rings. The molecule has 4 heteroatoms. The van der Waals surface area contributed by atoms with Gasteiger partial charge in [-0.2, -0.15) is 0 Å². The van der Waals surface area contributed by atoms with Crippen LogP contribution in [0.1, 0.15) is 16.7 Å². The molecule has 0 spiro atoms. The predicted octanol–water partition coefficient (Wildman–Crippen LogP) is 3.27. The van der Waals surface area contributed by atoms with Gasteiger partial charge in [0.05, 0.1) is 5.02 Å². The van der Waals surface area contributed by atoms with Crippen LogP contribution in [-0.2, 0) is 19.3 Å². The fraction of sp³-hybridized carbons (Fsp3) is 0.294. The highest BCUT2D eigenvalue weighted by atomic mass is 35.5. The molecule has 3 N–H and O–H groups in total. The topological polar surface area (TPSA) is 38.0 Å². The molecule has 0 amide bonds. The summed E-state index contributed by atoms with van der Waals surface area (Å²) < 4.78 is 13.2. The quantitative estimate of drug-likeness (QED) is 0.672. The molecule has 0 bridgehead atoms. The Labute approximate surface area is 129 Å². The van der Waals surface area contributed by atoms with Crippen molar-refractivity contribution in [3.05, 3.63) is 70.0 Å². The van der Waals surface area contributed by atoms with Gasteiger partial charge in [-0.3, -0.25) is 11.3 Å². The SMILES string of the molecule is NNC(Cc1ccc(F)c(Cl)c1)C1Cc2ccccc2C1. The molecule has 0 aliphatic heterocycles. The Kier molecular flexibility index (Phi) is 4.24. The molecule has 1 atom stereocenters. The lowest BCUT2D eigenvalue weighted by Gasteiger charge is -2.22. The monoisotopic (exact) mass is 304 g/mol. The second kappa shape index (κ2) is 6.14. The zero-order valence-corrected chi connectivity index (χ0v) is 12.4. The van der Waals surface area contributed by atoms with Crippen LogP contribution in [0.4, 0.5) is 4.39 Å². The van der Waals surface area contributed by atoms with Gasteiger partial charge in [0.1, 0.15) is 5.82 Å². The first-order valence-electron chi connectivity index (χ1n) is 7.14. The molecule has 0 heterocycles. The van der Waals surface area contributed by atoms with Crippen LogP contribution in [0.15, 0.2) is 42.5 Å². The molecule has 21 heavy (non-hydrogen) atoms. The van der Waals surface area contributed by atoms with Gasteiger partial charge in [0.2, 0.25) is 0 Å². The molecule has 0 fully saturated rings. The summed E-state index contributed by atoms with van der Waals surface area (Å²) in [5, 5.41) is 0.165. The molecule has 2 aromatic carbocycles. The van der Waals surface area contributed by atoms with E-state index in [1.165, 1.54) is 17.2 Å². The van der Waals surface area contributed by atoms with Gasteiger partial charge in [-0.1, -0.05) is 41.9 Å². The number of fused-ring (bicyclic) bond motifs is 1. The zero-order valence-electron chi connectivity index (χ0n) is 11.7. The molecule has 3 rings (SSSR count). The normalized spacial score (nSPS) is 16.0. The minimum absolute atomic E-state index is 0.152. The zero-order chi connectivity index (χ0) is 14.8. The highest BCUT2D eigenvalue weighted by Gasteiger charge is 2.28. The molecule has 1 aliphatic carbocycles. The summed E-state index contributed by atoms with van der Waals surface area (Å²) in [6.45, 7) is 0. The number of nitrogens with two attached hydrogens (primary N) is 1. The van der Waals surface area contributed by atoms with Gasteiger partial charge in [0.15, 0.2) is 0 Å². The smallest absolute Gasteiger partial charge is 0.141 e. The highest BCUT2D eigenvalue weighted by Crippen LogP contribution is 2.30. The standard InChI is InChI=1S/C17H18ClFN2/c18-15-7-11(5-6-16(15)19)8-17(21-20)14-9-12-3-1-2-4-13(12)10-14/h1-7,14,17,21H,8-10,20H2. The summed E-state index contributed by atoms with van der Waals surface area (Å²) in [6.07, 6.45) is 2.80. The van der Waals surface area contributed by atoms with E-state index in [2.05, 4.69) is 29.7 Å². The molecule has 0 aromatic heterocycles. The van der Waals surface area contributed by atoms with Gasteiger partial charge >= 0.3 is 0 Å². The van der Waals surface area contributed by atoms with Gasteiger partial charge in [0.25, 0.3) is 0 Å². The largest absolute Gasteiger partial charge is 0.271 e. The first-order chi connectivity index (χ1) is 10.2. The average Bonchev–Trinajstić information content (AvgIpc) is 2.92. The molecule has 2 aromatic rings. The minimum atomic E-state index is -0.383. The van der Waals surface area contributed by atoms with E-state index < -0.39 is 0 Å². The first kappa shape index (κ1) is 14.5. The van der Waals surface area contributed by atoms with Crippen molar-refractivity contribution in [2.45, 2.75) is 25.3 Å². The first-order valence-corrected chi connectivity index (χ1v) is 7.52. The van der Waals surface area contributed by atoms with E-state index in [0.29, 0.717) is 5.92 Å². The van der Waals surface area contributed by atoms with Crippen LogP contribution in [0.5, 0.6) is 0 Å². The van der Waals surface area contributed by atoms with E-state index in [1.54, 1.807) is 12.1 Å². The Balaban J connectivity index is 1.73. The van der Waals surface area contributed by atoms with E-state index >= 15 is 0 Å². The summed E-state index contributed by atoms with van der Waals surface area (Å²) in [5.74, 6) is 5.82. The second-order valence-corrected chi connectivity index (χ2v) is 6.07. The molecular weight excluding hydrogens is 287 g/mol. The van der Waals surface area contributed by atoms with Crippen LogP contribution in [-0.4, -0.2) is 6.04 Å². The van der Waals surface area contributed by atoms with Gasteiger partial charge < -0.3 is 0 Å². The van der Waals surface area contributed by atoms with Gasteiger partial charge in [-0.25, -0.2) is 4.39 Å². The molecular formula is C17H18ClFN2. The Hall–Kier alpha value is -1.42. The van der Waals surface area contributed by atoms with Crippen molar-refractivity contribution in [1.82, 2.24) is 5.43 Å². The minimum Gasteiger partial charge on any atom is -0.271 e. The lowest BCUT2D eigenvalue weighted by molar-refractivity contribution is 0.367. The molecule has 0 saturated carbocycles. The predicted molar refractivity (Wildman–Crippen MR) is 83.6 cm³/mol. The van der Waals surface area contributed by atoms with Crippen LogP contribution in [0.2, 0.25) is 5.02 Å². The Morgan fingerprint density at radius 2 is 1.86 bits per heavy atom. The molecule has 110 valence electrons. The fourth-order valence-corrected chi connectivity index (χ4v) is 3.36. The number of hydrogen-bond donors (Lipinski definition) is 2. The van der Waals surface area contributed by atoms with Crippen molar-refractivity contribution in [2.24, 2.45) is 11.8 Å². The van der Waals surface area contributed by atoms with Crippen molar-refractivity contribution in [1.29, 1.82) is 0 Å². The Bertz CT molecular complexity index is 619. The van der Waals surface area contributed by atoms with E-state index in [1.807, 2.05) is 0 Å².